The number of rotatable bonds is 10. The van der Waals surface area contributed by atoms with Gasteiger partial charge in [-0.05, 0) is 60.6 Å². The summed E-state index contributed by atoms with van der Waals surface area (Å²) < 4.78 is 5.78. The van der Waals surface area contributed by atoms with Crippen molar-refractivity contribution in [1.29, 1.82) is 0 Å². The van der Waals surface area contributed by atoms with Crippen molar-refractivity contribution in [1.82, 2.24) is 15.5 Å². The Kier molecular flexibility index (Phi) is 8.46. The van der Waals surface area contributed by atoms with Gasteiger partial charge < -0.3 is 25.8 Å². The van der Waals surface area contributed by atoms with Crippen LogP contribution in [0.2, 0.25) is 10.0 Å². The number of aliphatic carboxylic acids is 1. The Hall–Kier alpha value is -3.01. The molecule has 0 radical (unpaired) electrons. The van der Waals surface area contributed by atoms with Crippen molar-refractivity contribution in [3.05, 3.63) is 58.1 Å². The van der Waals surface area contributed by atoms with Crippen LogP contribution in [0.15, 0.2) is 42.5 Å². The summed E-state index contributed by atoms with van der Waals surface area (Å²) >= 11 is 12.1. The highest BCUT2D eigenvalue weighted by Gasteiger charge is 2.52. The minimum atomic E-state index is -0.814. The third kappa shape index (κ3) is 7.06. The zero-order valence-corrected chi connectivity index (χ0v) is 21.9. The molecule has 1 saturated heterocycles. The zero-order chi connectivity index (χ0) is 26.6. The van der Waals surface area contributed by atoms with Crippen molar-refractivity contribution in [2.24, 2.45) is 5.41 Å². The summed E-state index contributed by atoms with van der Waals surface area (Å²) in [6.45, 7) is 3.72. The Balaban J connectivity index is 1.21. The van der Waals surface area contributed by atoms with Gasteiger partial charge in [0.2, 0.25) is 0 Å². The highest BCUT2D eigenvalue weighted by Crippen LogP contribution is 2.48. The molecule has 1 heterocycles. The lowest BCUT2D eigenvalue weighted by Crippen LogP contribution is -2.67. The normalized spacial score (nSPS) is 17.3. The van der Waals surface area contributed by atoms with Gasteiger partial charge in [-0.3, -0.25) is 14.5 Å². The number of halogens is 2. The van der Waals surface area contributed by atoms with E-state index in [-0.39, 0.29) is 36.5 Å². The number of carbonyl (C=O) groups excluding carboxylic acids is 2. The minimum Gasteiger partial charge on any atom is -0.480 e. The van der Waals surface area contributed by atoms with E-state index in [0.717, 1.165) is 31.5 Å². The van der Waals surface area contributed by atoms with E-state index in [4.69, 9.17) is 33.0 Å². The molecule has 4 rings (SSSR count). The number of ether oxygens (including phenoxy) is 1. The monoisotopic (exact) mass is 548 g/mol. The maximum Gasteiger partial charge on any atom is 0.319 e. The number of amides is 3. The lowest BCUT2D eigenvalue weighted by atomic mass is 9.60. The molecule has 11 heteroatoms. The summed E-state index contributed by atoms with van der Waals surface area (Å²) in [6, 6.07) is 11.9. The van der Waals surface area contributed by atoms with Crippen LogP contribution in [-0.4, -0.2) is 59.7 Å². The van der Waals surface area contributed by atoms with E-state index in [2.05, 4.69) is 16.0 Å². The summed E-state index contributed by atoms with van der Waals surface area (Å²) in [6.07, 6.45) is 1.44. The van der Waals surface area contributed by atoms with Crippen LogP contribution in [-0.2, 0) is 16.1 Å². The minimum absolute atomic E-state index is 0.0694. The van der Waals surface area contributed by atoms with Crippen molar-refractivity contribution in [2.75, 3.05) is 25.0 Å². The predicted octanol–water partition coefficient (Wildman–Crippen LogP) is 4.14. The molecule has 198 valence electrons. The number of benzene rings is 2. The second-order valence-corrected chi connectivity index (χ2v) is 10.6. The molecule has 4 N–H and O–H groups in total. The summed E-state index contributed by atoms with van der Waals surface area (Å²) in [7, 11) is 0. The molecule has 1 aliphatic heterocycles. The molecule has 1 atom stereocenters. The first kappa shape index (κ1) is 27.0. The number of anilines is 1. The van der Waals surface area contributed by atoms with E-state index in [0.29, 0.717) is 27.9 Å². The lowest BCUT2D eigenvalue weighted by molar-refractivity contribution is -0.145. The molecule has 1 saturated carbocycles. The van der Waals surface area contributed by atoms with Gasteiger partial charge in [0.05, 0.1) is 11.6 Å². The molecule has 2 aromatic rings. The van der Waals surface area contributed by atoms with Crippen LogP contribution in [0, 0.1) is 5.41 Å². The van der Waals surface area contributed by atoms with E-state index in [1.54, 1.807) is 30.3 Å². The number of hydrogen-bond donors (Lipinski definition) is 4. The largest absolute Gasteiger partial charge is 0.480 e. The molecule has 9 nitrogen and oxygen atoms in total. The SMILES string of the molecule is CCC(Oc1ccc(Cl)cc1Cl)C(=O)NCc1cccc(NC(=O)NC2CC3(C2)CN(CC(=O)O)C3)c1. The highest BCUT2D eigenvalue weighted by molar-refractivity contribution is 6.35. The molecule has 1 unspecified atom stereocenters. The number of nitrogens with one attached hydrogen (secondary N) is 3. The molecule has 0 aromatic heterocycles. The Morgan fingerprint density at radius 3 is 2.59 bits per heavy atom. The van der Waals surface area contributed by atoms with Crippen molar-refractivity contribution < 1.29 is 24.2 Å². The van der Waals surface area contributed by atoms with Crippen LogP contribution in [0.25, 0.3) is 0 Å². The lowest BCUT2D eigenvalue weighted by Gasteiger charge is -2.58. The topological polar surface area (TPSA) is 120 Å². The molecule has 1 aliphatic carbocycles. The van der Waals surface area contributed by atoms with Crippen molar-refractivity contribution in [3.8, 4) is 5.75 Å². The van der Waals surface area contributed by atoms with Crippen molar-refractivity contribution in [2.45, 2.75) is 44.9 Å². The van der Waals surface area contributed by atoms with Gasteiger partial charge in [-0.15, -0.1) is 0 Å². The van der Waals surface area contributed by atoms with Gasteiger partial charge in [0.1, 0.15) is 5.75 Å². The van der Waals surface area contributed by atoms with E-state index in [1.807, 2.05) is 24.0 Å². The molecule has 2 aliphatic rings. The zero-order valence-electron chi connectivity index (χ0n) is 20.4. The smallest absolute Gasteiger partial charge is 0.319 e. The van der Waals surface area contributed by atoms with Crippen LogP contribution < -0.4 is 20.7 Å². The van der Waals surface area contributed by atoms with Crippen molar-refractivity contribution >= 4 is 46.8 Å². The van der Waals surface area contributed by atoms with Gasteiger partial charge in [-0.1, -0.05) is 42.3 Å². The van der Waals surface area contributed by atoms with Crippen LogP contribution in [0.3, 0.4) is 0 Å². The summed E-state index contributed by atoms with van der Waals surface area (Å²) in [5, 5.41) is 18.4. The second kappa shape index (κ2) is 11.6. The Bertz CT molecular complexity index is 1160. The van der Waals surface area contributed by atoms with Crippen LogP contribution in [0.1, 0.15) is 31.7 Å². The first-order valence-electron chi connectivity index (χ1n) is 12.1. The maximum absolute atomic E-state index is 12.7. The third-order valence-electron chi connectivity index (χ3n) is 6.65. The van der Waals surface area contributed by atoms with Crippen LogP contribution >= 0.6 is 23.2 Å². The van der Waals surface area contributed by atoms with E-state index < -0.39 is 12.1 Å². The molecule has 2 fully saturated rings. The Labute approximate surface area is 225 Å². The number of carboxylic acid groups (broad SMARTS) is 1. The first-order chi connectivity index (χ1) is 17.6. The standard InChI is InChI=1S/C26H30Cl2N4O5/c1-2-21(37-22-7-6-17(27)9-20(22)28)24(35)29-12-16-4-3-5-18(8-16)30-25(36)31-19-10-26(11-19)14-32(15-26)13-23(33)34/h3-9,19,21H,2,10-15H2,1H3,(H,29,35)(H,33,34)(H2,30,31,36). The predicted molar refractivity (Wildman–Crippen MR) is 141 cm³/mol. The number of carboxylic acids is 1. The first-order valence-corrected chi connectivity index (χ1v) is 12.9. The maximum atomic E-state index is 12.7. The van der Waals surface area contributed by atoms with Gasteiger partial charge in [-0.2, -0.15) is 0 Å². The van der Waals surface area contributed by atoms with Crippen LogP contribution in [0.4, 0.5) is 10.5 Å². The molecular formula is C26H30Cl2N4O5. The van der Waals surface area contributed by atoms with Gasteiger partial charge in [0, 0.05) is 36.4 Å². The van der Waals surface area contributed by atoms with Gasteiger partial charge >= 0.3 is 12.0 Å². The highest BCUT2D eigenvalue weighted by atomic mass is 35.5. The number of nitrogens with zero attached hydrogens (tertiary/aromatic N) is 1. The average molecular weight is 549 g/mol. The van der Waals surface area contributed by atoms with Crippen molar-refractivity contribution in [3.63, 3.8) is 0 Å². The number of urea groups is 1. The summed E-state index contributed by atoms with van der Waals surface area (Å²) in [4.78, 5) is 37.8. The van der Waals surface area contributed by atoms with E-state index >= 15 is 0 Å². The molecule has 1 spiro atoms. The summed E-state index contributed by atoms with van der Waals surface area (Å²) in [5.41, 5.74) is 1.58. The number of carbonyl (C=O) groups is 3. The fourth-order valence-corrected chi connectivity index (χ4v) is 5.47. The molecule has 37 heavy (non-hydrogen) atoms. The molecule has 3 amide bonds. The van der Waals surface area contributed by atoms with E-state index in [1.165, 1.54) is 0 Å². The second-order valence-electron chi connectivity index (χ2n) is 9.75. The number of likely N-dealkylation sites (tertiary alicyclic amines) is 1. The fourth-order valence-electron chi connectivity index (χ4n) is 5.01. The van der Waals surface area contributed by atoms with Gasteiger partial charge in [0.25, 0.3) is 5.91 Å². The van der Waals surface area contributed by atoms with Gasteiger partial charge in [-0.25, -0.2) is 4.79 Å². The summed E-state index contributed by atoms with van der Waals surface area (Å²) in [5.74, 6) is -0.703. The number of hydrogen-bond acceptors (Lipinski definition) is 5. The van der Waals surface area contributed by atoms with Gasteiger partial charge in [0.15, 0.2) is 6.10 Å². The van der Waals surface area contributed by atoms with E-state index in [9.17, 15) is 14.4 Å². The molecule has 0 bridgehead atoms. The Morgan fingerprint density at radius 2 is 1.92 bits per heavy atom. The molecule has 2 aromatic carbocycles. The Morgan fingerprint density at radius 1 is 1.16 bits per heavy atom. The third-order valence-corrected chi connectivity index (χ3v) is 7.18. The quantitative estimate of drug-likeness (QED) is 0.354. The molecular weight excluding hydrogens is 519 g/mol. The van der Waals surface area contributed by atoms with Crippen LogP contribution in [0.5, 0.6) is 5.75 Å². The fraction of sp³-hybridized carbons (Fsp3) is 0.423. The average Bonchev–Trinajstić information content (AvgIpc) is 2.79.